The van der Waals surface area contributed by atoms with Crippen LogP contribution in [0.15, 0.2) is 28.8 Å². The summed E-state index contributed by atoms with van der Waals surface area (Å²) in [5.41, 5.74) is 8.54. The molecule has 0 saturated heterocycles. The Hall–Kier alpha value is -1.68. The van der Waals surface area contributed by atoms with Gasteiger partial charge in [0.15, 0.2) is 5.82 Å². The molecule has 1 fully saturated rings. The first-order valence-electron chi connectivity index (χ1n) is 7.78. The minimum atomic E-state index is -0.333. The zero-order valence-electron chi connectivity index (χ0n) is 12.8. The van der Waals surface area contributed by atoms with E-state index in [2.05, 4.69) is 48.3 Å². The average Bonchev–Trinajstić information content (AvgIpc) is 2.92. The van der Waals surface area contributed by atoms with Crippen molar-refractivity contribution in [2.45, 2.75) is 57.4 Å². The van der Waals surface area contributed by atoms with Crippen molar-refractivity contribution >= 4 is 0 Å². The van der Waals surface area contributed by atoms with Crippen LogP contribution in [0, 0.1) is 0 Å². The number of benzene rings is 1. The van der Waals surface area contributed by atoms with Crippen LogP contribution in [-0.4, -0.2) is 10.1 Å². The van der Waals surface area contributed by atoms with Gasteiger partial charge in [-0.15, -0.1) is 0 Å². The minimum absolute atomic E-state index is 0.333. The van der Waals surface area contributed by atoms with Gasteiger partial charge in [-0.3, -0.25) is 0 Å². The van der Waals surface area contributed by atoms with Crippen LogP contribution in [0.4, 0.5) is 0 Å². The number of nitrogens with two attached hydrogens (primary N) is 1. The highest BCUT2D eigenvalue weighted by molar-refractivity contribution is 5.25. The van der Waals surface area contributed by atoms with E-state index < -0.39 is 0 Å². The first-order valence-corrected chi connectivity index (χ1v) is 7.78. The van der Waals surface area contributed by atoms with Gasteiger partial charge in [0.05, 0.1) is 5.54 Å². The van der Waals surface area contributed by atoms with E-state index in [-0.39, 0.29) is 5.54 Å². The van der Waals surface area contributed by atoms with Gasteiger partial charge >= 0.3 is 0 Å². The second kappa shape index (κ2) is 5.60. The first-order chi connectivity index (χ1) is 10.1. The van der Waals surface area contributed by atoms with Crippen molar-refractivity contribution in [3.63, 3.8) is 0 Å². The third-order valence-corrected chi connectivity index (χ3v) is 4.43. The first kappa shape index (κ1) is 14.3. The molecule has 4 heteroatoms. The summed E-state index contributed by atoms with van der Waals surface area (Å²) >= 11 is 0. The molecule has 2 N–H and O–H groups in total. The summed E-state index contributed by atoms with van der Waals surface area (Å²) in [6.07, 6.45) is 4.76. The van der Waals surface area contributed by atoms with Crippen molar-refractivity contribution in [3.05, 3.63) is 47.1 Å². The number of hydrogen-bond acceptors (Lipinski definition) is 4. The molecule has 0 bridgehead atoms. The maximum absolute atomic E-state index is 6.20. The van der Waals surface area contributed by atoms with Crippen LogP contribution in [-0.2, 0) is 18.4 Å². The molecule has 1 aromatic carbocycles. The summed E-state index contributed by atoms with van der Waals surface area (Å²) in [5.74, 6) is 1.94. The van der Waals surface area contributed by atoms with Gasteiger partial charge in [-0.25, -0.2) is 0 Å². The Kier molecular flexibility index (Phi) is 3.81. The van der Waals surface area contributed by atoms with Gasteiger partial charge in [0, 0.05) is 6.42 Å². The maximum atomic E-state index is 6.20. The Morgan fingerprint density at radius 3 is 2.48 bits per heavy atom. The van der Waals surface area contributed by atoms with E-state index in [1.807, 2.05) is 0 Å². The van der Waals surface area contributed by atoms with Crippen LogP contribution in [0.1, 0.15) is 61.9 Å². The number of rotatable bonds is 5. The Labute approximate surface area is 125 Å². The standard InChI is InChI=1S/C17H23N3O/c1-12(2)14-7-4-13(5-8-14)6-9-15-19-16(20-21-15)17(18)10-3-11-17/h4-5,7-8,12H,3,6,9-11,18H2,1-2H3. The summed E-state index contributed by atoms with van der Waals surface area (Å²) in [5, 5.41) is 4.05. The molecule has 0 amide bonds. The molecule has 2 aromatic rings. The Balaban J connectivity index is 1.60. The molecule has 21 heavy (non-hydrogen) atoms. The van der Waals surface area contributed by atoms with E-state index in [1.165, 1.54) is 11.1 Å². The zero-order chi connectivity index (χ0) is 14.9. The SMILES string of the molecule is CC(C)c1ccc(CCc2nc(C3(N)CCC3)no2)cc1. The molecule has 0 spiro atoms. The van der Waals surface area contributed by atoms with Gasteiger partial charge in [0.25, 0.3) is 0 Å². The molecule has 1 heterocycles. The smallest absolute Gasteiger partial charge is 0.227 e. The predicted molar refractivity (Wildman–Crippen MR) is 82.0 cm³/mol. The van der Waals surface area contributed by atoms with Crippen LogP contribution in [0.5, 0.6) is 0 Å². The van der Waals surface area contributed by atoms with Crippen LogP contribution < -0.4 is 5.73 Å². The van der Waals surface area contributed by atoms with Gasteiger partial charge in [-0.2, -0.15) is 4.98 Å². The summed E-state index contributed by atoms with van der Waals surface area (Å²) in [4.78, 5) is 4.46. The summed E-state index contributed by atoms with van der Waals surface area (Å²) < 4.78 is 5.33. The lowest BCUT2D eigenvalue weighted by atomic mass is 9.77. The second-order valence-corrected chi connectivity index (χ2v) is 6.42. The van der Waals surface area contributed by atoms with Crippen LogP contribution in [0.3, 0.4) is 0 Å². The van der Waals surface area contributed by atoms with Crippen molar-refractivity contribution in [1.82, 2.24) is 10.1 Å². The van der Waals surface area contributed by atoms with Gasteiger partial charge in [0.1, 0.15) is 0 Å². The quantitative estimate of drug-likeness (QED) is 0.915. The molecule has 3 rings (SSSR count). The molecule has 1 aliphatic carbocycles. The molecule has 112 valence electrons. The highest BCUT2D eigenvalue weighted by atomic mass is 16.5. The van der Waals surface area contributed by atoms with Crippen LogP contribution in [0.2, 0.25) is 0 Å². The van der Waals surface area contributed by atoms with Crippen LogP contribution in [0.25, 0.3) is 0 Å². The van der Waals surface area contributed by atoms with E-state index in [4.69, 9.17) is 10.3 Å². The number of nitrogens with zero attached hydrogens (tertiary/aromatic N) is 2. The number of aromatic nitrogens is 2. The topological polar surface area (TPSA) is 64.9 Å². The average molecular weight is 285 g/mol. The summed E-state index contributed by atoms with van der Waals surface area (Å²) in [7, 11) is 0. The summed E-state index contributed by atoms with van der Waals surface area (Å²) in [6, 6.07) is 8.76. The lowest BCUT2D eigenvalue weighted by molar-refractivity contribution is 0.229. The fraction of sp³-hybridized carbons (Fsp3) is 0.529. The van der Waals surface area contributed by atoms with E-state index >= 15 is 0 Å². The fourth-order valence-electron chi connectivity index (χ4n) is 2.66. The van der Waals surface area contributed by atoms with Crippen molar-refractivity contribution in [2.24, 2.45) is 5.73 Å². The predicted octanol–water partition coefficient (Wildman–Crippen LogP) is 3.32. The largest absolute Gasteiger partial charge is 0.339 e. The maximum Gasteiger partial charge on any atom is 0.227 e. The third kappa shape index (κ3) is 3.00. The van der Waals surface area contributed by atoms with Gasteiger partial charge < -0.3 is 10.3 Å². The molecular formula is C17H23N3O. The lowest BCUT2D eigenvalue weighted by Crippen LogP contribution is -2.44. The molecule has 1 aromatic heterocycles. The van der Waals surface area contributed by atoms with E-state index in [0.717, 1.165) is 32.1 Å². The van der Waals surface area contributed by atoms with Crippen molar-refractivity contribution in [1.29, 1.82) is 0 Å². The zero-order valence-corrected chi connectivity index (χ0v) is 12.8. The molecule has 0 radical (unpaired) electrons. The monoisotopic (exact) mass is 285 g/mol. The van der Waals surface area contributed by atoms with E-state index in [9.17, 15) is 0 Å². The minimum Gasteiger partial charge on any atom is -0.339 e. The molecule has 0 atom stereocenters. The van der Waals surface area contributed by atoms with Crippen molar-refractivity contribution in [2.75, 3.05) is 0 Å². The lowest BCUT2D eigenvalue weighted by Gasteiger charge is -2.34. The van der Waals surface area contributed by atoms with E-state index in [1.54, 1.807) is 0 Å². The molecule has 0 unspecified atom stereocenters. The molecule has 0 aliphatic heterocycles. The molecule has 4 nitrogen and oxygen atoms in total. The fourth-order valence-corrected chi connectivity index (χ4v) is 2.66. The van der Waals surface area contributed by atoms with Gasteiger partial charge in [0.2, 0.25) is 5.89 Å². The van der Waals surface area contributed by atoms with E-state index in [0.29, 0.717) is 17.6 Å². The second-order valence-electron chi connectivity index (χ2n) is 6.42. The molecular weight excluding hydrogens is 262 g/mol. The highest BCUT2D eigenvalue weighted by Gasteiger charge is 2.38. The third-order valence-electron chi connectivity index (χ3n) is 4.43. The number of hydrogen-bond donors (Lipinski definition) is 1. The molecule has 1 aliphatic rings. The highest BCUT2D eigenvalue weighted by Crippen LogP contribution is 2.36. The Morgan fingerprint density at radius 2 is 1.90 bits per heavy atom. The molecule has 1 saturated carbocycles. The Morgan fingerprint density at radius 1 is 1.19 bits per heavy atom. The van der Waals surface area contributed by atoms with Gasteiger partial charge in [-0.05, 0) is 42.7 Å². The summed E-state index contributed by atoms with van der Waals surface area (Å²) in [6.45, 7) is 4.41. The van der Waals surface area contributed by atoms with Crippen molar-refractivity contribution in [3.8, 4) is 0 Å². The Bertz CT molecular complexity index is 597. The van der Waals surface area contributed by atoms with Gasteiger partial charge in [-0.1, -0.05) is 43.3 Å². The normalized spacial score (nSPS) is 17.0. The van der Waals surface area contributed by atoms with Crippen LogP contribution >= 0.6 is 0 Å². The number of aryl methyl sites for hydroxylation is 2. The van der Waals surface area contributed by atoms with Crippen molar-refractivity contribution < 1.29 is 4.52 Å².